The van der Waals surface area contributed by atoms with Crippen molar-refractivity contribution in [1.82, 2.24) is 0 Å². The first-order valence-corrected chi connectivity index (χ1v) is 4.62. The minimum Gasteiger partial charge on any atom is -0.382 e. The second-order valence-corrected chi connectivity index (χ2v) is 5.08. The number of rotatable bonds is 0. The van der Waals surface area contributed by atoms with E-state index in [1.165, 1.54) is 0 Å². The van der Waals surface area contributed by atoms with Crippen molar-refractivity contribution in [3.8, 4) is 0 Å². The van der Waals surface area contributed by atoms with Crippen LogP contribution in [0, 0.1) is 17.3 Å². The van der Waals surface area contributed by atoms with E-state index in [4.69, 9.17) is 0 Å². The summed E-state index contributed by atoms with van der Waals surface area (Å²) in [7, 11) is 0. The van der Waals surface area contributed by atoms with Gasteiger partial charge in [0.15, 0.2) is 5.78 Å². The van der Waals surface area contributed by atoms with Crippen molar-refractivity contribution in [2.75, 3.05) is 0 Å². The zero-order chi connectivity index (χ0) is 9.15. The van der Waals surface area contributed by atoms with Crippen LogP contribution in [0.25, 0.3) is 0 Å². The molecule has 2 nitrogen and oxygen atoms in total. The van der Waals surface area contributed by atoms with Gasteiger partial charge in [0.05, 0.1) is 0 Å². The monoisotopic (exact) mass is 168 g/mol. The van der Waals surface area contributed by atoms with Crippen molar-refractivity contribution in [3.05, 3.63) is 0 Å². The molecule has 0 heterocycles. The molecule has 0 spiro atoms. The van der Waals surface area contributed by atoms with Crippen molar-refractivity contribution in [1.29, 1.82) is 0 Å². The van der Waals surface area contributed by atoms with Gasteiger partial charge in [0.1, 0.15) is 5.60 Å². The van der Waals surface area contributed by atoms with E-state index < -0.39 is 5.60 Å². The van der Waals surface area contributed by atoms with E-state index >= 15 is 0 Å². The zero-order valence-corrected chi connectivity index (χ0v) is 7.92. The second kappa shape index (κ2) is 1.92. The van der Waals surface area contributed by atoms with Crippen molar-refractivity contribution >= 4 is 5.78 Å². The second-order valence-electron chi connectivity index (χ2n) is 5.08. The normalized spacial score (nSPS) is 50.2. The number of hydrogen-bond acceptors (Lipinski definition) is 2. The fraction of sp³-hybridized carbons (Fsp3) is 0.900. The first kappa shape index (κ1) is 8.24. The number of Topliss-reactive ketones (excluding diaryl/α,β-unsaturated/α-hetero) is 1. The Balaban J connectivity index is 2.33. The lowest BCUT2D eigenvalue weighted by Crippen LogP contribution is -2.64. The van der Waals surface area contributed by atoms with Crippen LogP contribution < -0.4 is 0 Å². The van der Waals surface area contributed by atoms with Gasteiger partial charge in [-0.3, -0.25) is 4.79 Å². The summed E-state index contributed by atoms with van der Waals surface area (Å²) in [4.78, 5) is 11.4. The zero-order valence-electron chi connectivity index (χ0n) is 7.92. The van der Waals surface area contributed by atoms with Crippen LogP contribution in [0.2, 0.25) is 0 Å². The lowest BCUT2D eigenvalue weighted by Gasteiger charge is -2.61. The molecule has 12 heavy (non-hydrogen) atoms. The number of aliphatic hydroxyl groups is 1. The van der Waals surface area contributed by atoms with Gasteiger partial charge in [0.25, 0.3) is 0 Å². The molecule has 0 aromatic heterocycles. The fourth-order valence-electron chi connectivity index (χ4n) is 2.94. The summed E-state index contributed by atoms with van der Waals surface area (Å²) < 4.78 is 0. The molecular formula is C10H16O2. The maximum Gasteiger partial charge on any atom is 0.164 e. The highest BCUT2D eigenvalue weighted by Gasteiger charge is 2.62. The third-order valence-electron chi connectivity index (χ3n) is 4.15. The van der Waals surface area contributed by atoms with Crippen LogP contribution in [0.5, 0.6) is 0 Å². The predicted molar refractivity (Wildman–Crippen MR) is 45.6 cm³/mol. The van der Waals surface area contributed by atoms with E-state index in [1.807, 2.05) is 0 Å². The molecule has 0 aromatic carbocycles. The smallest absolute Gasteiger partial charge is 0.164 e. The van der Waals surface area contributed by atoms with Crippen LogP contribution >= 0.6 is 0 Å². The molecule has 1 N–H and O–H groups in total. The minimum absolute atomic E-state index is 0.0445. The molecular weight excluding hydrogens is 152 g/mol. The number of hydrogen-bond donors (Lipinski definition) is 1. The van der Waals surface area contributed by atoms with E-state index in [0.29, 0.717) is 12.3 Å². The van der Waals surface area contributed by atoms with Crippen molar-refractivity contribution in [2.45, 2.75) is 39.2 Å². The summed E-state index contributed by atoms with van der Waals surface area (Å²) in [5, 5.41) is 9.94. The average Bonchev–Trinajstić information content (AvgIpc) is 1.93. The van der Waals surface area contributed by atoms with Crippen LogP contribution in [0.4, 0.5) is 0 Å². The summed E-state index contributed by atoms with van der Waals surface area (Å²) in [6.07, 6.45) is 1.61. The maximum atomic E-state index is 11.4. The molecule has 3 fully saturated rings. The van der Waals surface area contributed by atoms with E-state index in [-0.39, 0.29) is 17.1 Å². The Morgan fingerprint density at radius 3 is 2.33 bits per heavy atom. The number of carbonyl (C=O) groups is 1. The first-order chi connectivity index (χ1) is 5.37. The molecule has 2 bridgehead atoms. The fourth-order valence-corrected chi connectivity index (χ4v) is 2.94. The van der Waals surface area contributed by atoms with Crippen LogP contribution in [-0.2, 0) is 4.79 Å². The molecule has 2 heteroatoms. The average molecular weight is 168 g/mol. The van der Waals surface area contributed by atoms with Gasteiger partial charge in [-0.15, -0.1) is 0 Å². The number of ketones is 1. The molecule has 0 saturated heterocycles. The van der Waals surface area contributed by atoms with Gasteiger partial charge in [-0.25, -0.2) is 0 Å². The third kappa shape index (κ3) is 0.717. The summed E-state index contributed by atoms with van der Waals surface area (Å²) in [6.45, 7) is 6.00. The van der Waals surface area contributed by atoms with E-state index in [9.17, 15) is 9.90 Å². The molecule has 3 aliphatic carbocycles. The molecule has 3 atom stereocenters. The molecule has 0 radical (unpaired) electrons. The predicted octanol–water partition coefficient (Wildman–Crippen LogP) is 1.37. The van der Waals surface area contributed by atoms with Crippen molar-refractivity contribution in [3.63, 3.8) is 0 Å². The molecule has 3 saturated carbocycles. The molecule has 0 aliphatic heterocycles. The highest BCUT2D eigenvalue weighted by molar-refractivity contribution is 5.89. The summed E-state index contributed by atoms with van der Waals surface area (Å²) in [5.74, 6) is 0.759. The quantitative estimate of drug-likeness (QED) is 0.593. The standard InChI is InChI=1S/C10H16O2/c1-9(2)6-4-7(9)10(3,12)8(11)5-6/h6-7,12H,4-5H2,1-3H3/t6-,7?,10-/m1/s1. The summed E-state index contributed by atoms with van der Waals surface area (Å²) >= 11 is 0. The topological polar surface area (TPSA) is 37.3 Å². The maximum absolute atomic E-state index is 11.4. The summed E-state index contributed by atoms with van der Waals surface area (Å²) in [5.41, 5.74) is -0.865. The van der Waals surface area contributed by atoms with Crippen LogP contribution in [0.1, 0.15) is 33.6 Å². The van der Waals surface area contributed by atoms with Gasteiger partial charge < -0.3 is 5.11 Å². The largest absolute Gasteiger partial charge is 0.382 e. The number of fused-ring (bicyclic) bond motifs is 2. The Kier molecular flexibility index (Phi) is 1.32. The molecule has 1 unspecified atom stereocenters. The van der Waals surface area contributed by atoms with E-state index in [0.717, 1.165) is 6.42 Å². The molecule has 68 valence electrons. The van der Waals surface area contributed by atoms with Gasteiger partial charge in [0.2, 0.25) is 0 Å². The Hall–Kier alpha value is -0.370. The van der Waals surface area contributed by atoms with Gasteiger partial charge >= 0.3 is 0 Å². The SMILES string of the molecule is CC1(C)C2C[C@@H]1CC(=O)[C@]2(C)O. The highest BCUT2D eigenvalue weighted by Crippen LogP contribution is 2.61. The molecule has 0 amide bonds. The number of carbonyl (C=O) groups excluding carboxylic acids is 1. The first-order valence-electron chi connectivity index (χ1n) is 4.62. The molecule has 3 rings (SSSR count). The van der Waals surface area contributed by atoms with E-state index in [2.05, 4.69) is 13.8 Å². The highest BCUT2D eigenvalue weighted by atomic mass is 16.3. The Morgan fingerprint density at radius 1 is 1.42 bits per heavy atom. The lowest BCUT2D eigenvalue weighted by molar-refractivity contribution is -0.196. The third-order valence-corrected chi connectivity index (χ3v) is 4.15. The Labute approximate surface area is 73.0 Å². The van der Waals surface area contributed by atoms with Crippen LogP contribution in [-0.4, -0.2) is 16.5 Å². The van der Waals surface area contributed by atoms with Crippen molar-refractivity contribution in [2.24, 2.45) is 17.3 Å². The van der Waals surface area contributed by atoms with Gasteiger partial charge in [0, 0.05) is 12.3 Å². The lowest BCUT2D eigenvalue weighted by atomic mass is 9.44. The van der Waals surface area contributed by atoms with Crippen molar-refractivity contribution < 1.29 is 9.90 Å². The van der Waals surface area contributed by atoms with Gasteiger partial charge in [-0.1, -0.05) is 13.8 Å². The Morgan fingerprint density at radius 2 is 2.00 bits per heavy atom. The van der Waals surface area contributed by atoms with Crippen LogP contribution in [0.15, 0.2) is 0 Å². The van der Waals surface area contributed by atoms with Gasteiger partial charge in [-0.05, 0) is 24.7 Å². The van der Waals surface area contributed by atoms with E-state index in [1.54, 1.807) is 6.92 Å². The minimum atomic E-state index is -1.04. The molecule has 3 aliphatic rings. The van der Waals surface area contributed by atoms with Gasteiger partial charge in [-0.2, -0.15) is 0 Å². The summed E-state index contributed by atoms with van der Waals surface area (Å²) in [6, 6.07) is 0. The van der Waals surface area contributed by atoms with Crippen LogP contribution in [0.3, 0.4) is 0 Å². The Bertz CT molecular complexity index is 240. The molecule has 0 aromatic rings.